The molecule has 2 rings (SSSR count). The SMILES string of the molecule is CCN1CC(C(=O)NCc2cccnc2OCC(F)(F)F)CC1=O. The quantitative estimate of drug-likeness (QED) is 0.848. The molecule has 1 atom stereocenters. The van der Waals surface area contributed by atoms with E-state index < -0.39 is 18.7 Å². The number of amides is 2. The van der Waals surface area contributed by atoms with Crippen LogP contribution in [0.1, 0.15) is 18.9 Å². The highest BCUT2D eigenvalue weighted by atomic mass is 19.4. The molecule has 1 aliphatic rings. The summed E-state index contributed by atoms with van der Waals surface area (Å²) in [4.78, 5) is 29.1. The summed E-state index contributed by atoms with van der Waals surface area (Å²) in [6.45, 7) is 1.26. The monoisotopic (exact) mass is 345 g/mol. The van der Waals surface area contributed by atoms with Crippen LogP contribution in [0.15, 0.2) is 18.3 Å². The average Bonchev–Trinajstić information content (AvgIpc) is 2.91. The van der Waals surface area contributed by atoms with Gasteiger partial charge in [0.25, 0.3) is 0 Å². The first kappa shape index (κ1) is 18.0. The van der Waals surface area contributed by atoms with Crippen molar-refractivity contribution in [3.8, 4) is 5.88 Å². The number of rotatable bonds is 6. The first-order valence-electron chi connectivity index (χ1n) is 7.49. The lowest BCUT2D eigenvalue weighted by atomic mass is 10.1. The Bertz CT molecular complexity index is 607. The van der Waals surface area contributed by atoms with Crippen molar-refractivity contribution in [2.45, 2.75) is 26.1 Å². The molecule has 1 aromatic heterocycles. The van der Waals surface area contributed by atoms with Crippen LogP contribution < -0.4 is 10.1 Å². The van der Waals surface area contributed by atoms with Crippen molar-refractivity contribution in [2.24, 2.45) is 5.92 Å². The molecule has 24 heavy (non-hydrogen) atoms. The average molecular weight is 345 g/mol. The molecule has 1 unspecified atom stereocenters. The fraction of sp³-hybridized carbons (Fsp3) is 0.533. The van der Waals surface area contributed by atoms with Crippen LogP contribution in [-0.2, 0) is 16.1 Å². The van der Waals surface area contributed by atoms with Gasteiger partial charge in [0.05, 0.1) is 5.92 Å². The Morgan fingerprint density at radius 3 is 2.88 bits per heavy atom. The predicted molar refractivity (Wildman–Crippen MR) is 78.0 cm³/mol. The number of hydrogen-bond donors (Lipinski definition) is 1. The van der Waals surface area contributed by atoms with E-state index >= 15 is 0 Å². The summed E-state index contributed by atoms with van der Waals surface area (Å²) < 4.78 is 41.4. The first-order chi connectivity index (χ1) is 11.3. The van der Waals surface area contributed by atoms with Crippen molar-refractivity contribution in [2.75, 3.05) is 19.7 Å². The van der Waals surface area contributed by atoms with Gasteiger partial charge >= 0.3 is 6.18 Å². The molecule has 2 amide bonds. The van der Waals surface area contributed by atoms with Crippen LogP contribution >= 0.6 is 0 Å². The van der Waals surface area contributed by atoms with Crippen molar-refractivity contribution < 1.29 is 27.5 Å². The molecule has 2 heterocycles. The number of nitrogens with zero attached hydrogens (tertiary/aromatic N) is 2. The number of carbonyl (C=O) groups is 2. The zero-order valence-corrected chi connectivity index (χ0v) is 13.1. The molecule has 1 aliphatic heterocycles. The maximum Gasteiger partial charge on any atom is 0.422 e. The molecule has 1 aromatic rings. The molecule has 0 saturated carbocycles. The molecule has 0 bridgehead atoms. The van der Waals surface area contributed by atoms with Gasteiger partial charge in [-0.05, 0) is 13.0 Å². The second kappa shape index (κ2) is 7.50. The second-order valence-electron chi connectivity index (χ2n) is 5.42. The predicted octanol–water partition coefficient (Wildman–Crippen LogP) is 1.51. The summed E-state index contributed by atoms with van der Waals surface area (Å²) in [5, 5.41) is 2.62. The van der Waals surface area contributed by atoms with Crippen LogP contribution in [0, 0.1) is 5.92 Å². The summed E-state index contributed by atoms with van der Waals surface area (Å²) >= 11 is 0. The van der Waals surface area contributed by atoms with E-state index in [0.29, 0.717) is 18.7 Å². The van der Waals surface area contributed by atoms with Crippen LogP contribution in [-0.4, -0.2) is 47.6 Å². The highest BCUT2D eigenvalue weighted by Gasteiger charge is 2.33. The molecule has 1 saturated heterocycles. The normalized spacial score (nSPS) is 17.9. The molecule has 0 spiro atoms. The van der Waals surface area contributed by atoms with Crippen molar-refractivity contribution in [1.82, 2.24) is 15.2 Å². The summed E-state index contributed by atoms with van der Waals surface area (Å²) in [7, 11) is 0. The van der Waals surface area contributed by atoms with Crippen LogP contribution in [0.4, 0.5) is 13.2 Å². The van der Waals surface area contributed by atoms with Crippen molar-refractivity contribution in [3.05, 3.63) is 23.9 Å². The molecule has 0 aromatic carbocycles. The Morgan fingerprint density at radius 1 is 1.50 bits per heavy atom. The standard InChI is InChI=1S/C15H18F3N3O3/c1-2-21-8-11(6-12(21)22)13(23)20-7-10-4-3-5-19-14(10)24-9-15(16,17)18/h3-5,11H,2,6-9H2,1H3,(H,20,23). The number of pyridine rings is 1. The highest BCUT2D eigenvalue weighted by molar-refractivity contribution is 5.89. The number of carbonyl (C=O) groups excluding carboxylic acids is 2. The van der Waals surface area contributed by atoms with Gasteiger partial charge in [0.15, 0.2) is 6.61 Å². The summed E-state index contributed by atoms with van der Waals surface area (Å²) in [5.41, 5.74) is 0.340. The Balaban J connectivity index is 1.92. The molecule has 1 N–H and O–H groups in total. The molecule has 132 valence electrons. The summed E-state index contributed by atoms with van der Waals surface area (Å²) in [6.07, 6.45) is -3.01. The number of hydrogen-bond acceptors (Lipinski definition) is 4. The van der Waals surface area contributed by atoms with E-state index in [-0.39, 0.29) is 30.7 Å². The van der Waals surface area contributed by atoms with E-state index in [2.05, 4.69) is 15.0 Å². The zero-order valence-electron chi connectivity index (χ0n) is 13.1. The van der Waals surface area contributed by atoms with Crippen molar-refractivity contribution >= 4 is 11.8 Å². The number of aromatic nitrogens is 1. The van der Waals surface area contributed by atoms with Gasteiger partial charge < -0.3 is 15.0 Å². The van der Waals surface area contributed by atoms with Crippen LogP contribution in [0.3, 0.4) is 0 Å². The minimum absolute atomic E-state index is 0.0172. The molecule has 9 heteroatoms. The maximum absolute atomic E-state index is 12.2. The Morgan fingerprint density at radius 2 is 2.25 bits per heavy atom. The fourth-order valence-corrected chi connectivity index (χ4v) is 2.42. The second-order valence-corrected chi connectivity index (χ2v) is 5.42. The molecule has 0 radical (unpaired) electrons. The fourth-order valence-electron chi connectivity index (χ4n) is 2.42. The van der Waals surface area contributed by atoms with Crippen LogP contribution in [0.5, 0.6) is 5.88 Å². The Hall–Kier alpha value is -2.32. The molecular formula is C15H18F3N3O3. The van der Waals surface area contributed by atoms with E-state index in [1.54, 1.807) is 11.0 Å². The molecular weight excluding hydrogens is 327 g/mol. The minimum atomic E-state index is -4.47. The van der Waals surface area contributed by atoms with E-state index in [4.69, 9.17) is 0 Å². The van der Waals surface area contributed by atoms with Gasteiger partial charge in [-0.15, -0.1) is 0 Å². The van der Waals surface area contributed by atoms with Gasteiger partial charge in [-0.25, -0.2) is 4.98 Å². The number of ether oxygens (including phenoxy) is 1. The highest BCUT2D eigenvalue weighted by Crippen LogP contribution is 2.21. The summed E-state index contributed by atoms with van der Waals surface area (Å²) in [6, 6.07) is 3.07. The van der Waals surface area contributed by atoms with Gasteiger partial charge in [-0.3, -0.25) is 9.59 Å². The Kier molecular flexibility index (Phi) is 5.63. The van der Waals surface area contributed by atoms with E-state index in [0.717, 1.165) is 0 Å². The third-order valence-electron chi connectivity index (χ3n) is 3.64. The number of alkyl halides is 3. The van der Waals surface area contributed by atoms with Crippen LogP contribution in [0.25, 0.3) is 0 Å². The first-order valence-corrected chi connectivity index (χ1v) is 7.49. The lowest BCUT2D eigenvalue weighted by Crippen LogP contribution is -2.32. The van der Waals surface area contributed by atoms with Crippen molar-refractivity contribution in [3.63, 3.8) is 0 Å². The zero-order chi connectivity index (χ0) is 17.7. The topological polar surface area (TPSA) is 71.5 Å². The van der Waals surface area contributed by atoms with E-state index in [1.807, 2.05) is 6.92 Å². The lowest BCUT2D eigenvalue weighted by molar-refractivity contribution is -0.154. The van der Waals surface area contributed by atoms with E-state index in [1.165, 1.54) is 12.3 Å². The largest absolute Gasteiger partial charge is 0.468 e. The third-order valence-corrected chi connectivity index (χ3v) is 3.64. The van der Waals surface area contributed by atoms with Gasteiger partial charge in [0.1, 0.15) is 0 Å². The minimum Gasteiger partial charge on any atom is -0.468 e. The lowest BCUT2D eigenvalue weighted by Gasteiger charge is -2.15. The van der Waals surface area contributed by atoms with Gasteiger partial charge in [0.2, 0.25) is 17.7 Å². The number of likely N-dealkylation sites (tertiary alicyclic amines) is 1. The van der Waals surface area contributed by atoms with Gasteiger partial charge in [-0.2, -0.15) is 13.2 Å². The molecule has 0 aliphatic carbocycles. The Labute approximate surface area is 137 Å². The molecule has 6 nitrogen and oxygen atoms in total. The van der Waals surface area contributed by atoms with Gasteiger partial charge in [-0.1, -0.05) is 6.07 Å². The van der Waals surface area contributed by atoms with E-state index in [9.17, 15) is 22.8 Å². The third kappa shape index (κ3) is 4.84. The maximum atomic E-state index is 12.2. The van der Waals surface area contributed by atoms with Crippen molar-refractivity contribution in [1.29, 1.82) is 0 Å². The molecule has 1 fully saturated rings. The summed E-state index contributed by atoms with van der Waals surface area (Å²) in [5.74, 6) is -1.01. The number of halogens is 3. The number of nitrogens with one attached hydrogen (secondary N) is 1. The smallest absolute Gasteiger partial charge is 0.422 e. The van der Waals surface area contributed by atoms with Crippen LogP contribution in [0.2, 0.25) is 0 Å². The van der Waals surface area contributed by atoms with Gasteiger partial charge in [0, 0.05) is 37.8 Å².